The maximum atomic E-state index is 5.13. The second-order valence-corrected chi connectivity index (χ2v) is 14.6. The third kappa shape index (κ3) is 3.83. The van der Waals surface area contributed by atoms with Crippen molar-refractivity contribution in [1.82, 2.24) is 14.1 Å². The van der Waals surface area contributed by atoms with Crippen molar-refractivity contribution < 1.29 is 0 Å². The van der Waals surface area contributed by atoms with E-state index in [1.807, 2.05) is 0 Å². The van der Waals surface area contributed by atoms with Crippen LogP contribution < -0.4 is 0 Å². The lowest BCUT2D eigenvalue weighted by molar-refractivity contribution is 0.742. The minimum Gasteiger partial charge on any atom is -0.309 e. The van der Waals surface area contributed by atoms with E-state index >= 15 is 0 Å². The number of hydrogen-bond donors (Lipinski definition) is 0. The summed E-state index contributed by atoms with van der Waals surface area (Å²) in [4.78, 5) is 5.13. The fraction of sp³-hybridized carbons (Fsp3) is 0.0392. The summed E-state index contributed by atoms with van der Waals surface area (Å²) >= 11 is 0. The quantitative estimate of drug-likeness (QED) is 0.181. The Hall–Kier alpha value is -6.97. The van der Waals surface area contributed by atoms with Crippen molar-refractivity contribution >= 4 is 38.4 Å². The Bertz CT molecular complexity index is 3110. The Balaban J connectivity index is 1.08. The van der Waals surface area contributed by atoms with Gasteiger partial charge in [0.05, 0.1) is 33.2 Å². The molecule has 7 aromatic carbocycles. The zero-order chi connectivity index (χ0) is 35.4. The maximum absolute atomic E-state index is 5.13. The molecule has 12 rings (SSSR count). The Kier molecular flexibility index (Phi) is 6.04. The molecule has 0 saturated carbocycles. The highest BCUT2D eigenvalue weighted by Crippen LogP contribution is 2.61. The number of benzene rings is 7. The first-order valence-electron chi connectivity index (χ1n) is 18.8. The van der Waals surface area contributed by atoms with Crippen LogP contribution in [-0.4, -0.2) is 14.1 Å². The summed E-state index contributed by atoms with van der Waals surface area (Å²) in [5.41, 5.74) is 18.0. The van der Waals surface area contributed by atoms with Crippen LogP contribution in [0.3, 0.4) is 0 Å². The molecule has 0 radical (unpaired) electrons. The van der Waals surface area contributed by atoms with Gasteiger partial charge >= 0.3 is 0 Å². The van der Waals surface area contributed by atoms with Crippen molar-refractivity contribution in [3.8, 4) is 33.9 Å². The first kappa shape index (κ1) is 29.6. The highest BCUT2D eigenvalue weighted by atomic mass is 15.1. The molecule has 3 aliphatic rings. The van der Waals surface area contributed by atoms with Crippen LogP contribution in [0.25, 0.3) is 72.3 Å². The average molecular weight is 688 g/mol. The molecule has 3 heterocycles. The van der Waals surface area contributed by atoms with Crippen LogP contribution >= 0.6 is 0 Å². The standard InChI is InChI=1S/C51H33N3/c1-3-14-36(15-4-1)53-48-25-12-9-22-45(48)52-50(53)34-28-26-33(27-29-34)35-30-31-38-37-16-5-2-6-19-41(37)51(44(38)32-35)42-20-8-11-24-47(42)54-46-23-10-7-17-39(46)40-18-13-21-43(51)49(40)54/h1,3-32H,2H2. The summed E-state index contributed by atoms with van der Waals surface area (Å²) in [6, 6.07) is 60.0. The van der Waals surface area contributed by atoms with E-state index in [1.54, 1.807) is 0 Å². The minimum absolute atomic E-state index is 0.479. The van der Waals surface area contributed by atoms with E-state index in [2.05, 4.69) is 197 Å². The van der Waals surface area contributed by atoms with Gasteiger partial charge in [-0.15, -0.1) is 0 Å². The zero-order valence-electron chi connectivity index (χ0n) is 29.4. The highest BCUT2D eigenvalue weighted by Gasteiger charge is 2.51. The molecule has 0 amide bonds. The predicted molar refractivity (Wildman–Crippen MR) is 222 cm³/mol. The van der Waals surface area contributed by atoms with Crippen LogP contribution in [-0.2, 0) is 5.41 Å². The lowest BCUT2D eigenvalue weighted by Crippen LogP contribution is -2.34. The number of hydrogen-bond acceptors (Lipinski definition) is 1. The number of allylic oxidation sites excluding steroid dienone is 6. The first-order chi connectivity index (χ1) is 26.8. The summed E-state index contributed by atoms with van der Waals surface area (Å²) in [6.45, 7) is 0. The summed E-state index contributed by atoms with van der Waals surface area (Å²) in [5, 5.41) is 2.59. The van der Waals surface area contributed by atoms with Gasteiger partial charge in [0.25, 0.3) is 0 Å². The molecule has 2 aliphatic carbocycles. The van der Waals surface area contributed by atoms with Crippen LogP contribution in [0.4, 0.5) is 0 Å². The first-order valence-corrected chi connectivity index (χ1v) is 18.8. The molecule has 3 heteroatoms. The van der Waals surface area contributed by atoms with Crippen LogP contribution in [0.5, 0.6) is 0 Å². The van der Waals surface area contributed by atoms with Gasteiger partial charge in [-0.3, -0.25) is 4.57 Å². The van der Waals surface area contributed by atoms with Crippen LogP contribution in [0, 0.1) is 0 Å². The second kappa shape index (κ2) is 11.0. The van der Waals surface area contributed by atoms with Crippen molar-refractivity contribution in [2.24, 2.45) is 0 Å². The zero-order valence-corrected chi connectivity index (χ0v) is 29.4. The number of rotatable bonds is 3. The summed E-state index contributed by atoms with van der Waals surface area (Å²) in [7, 11) is 0. The monoisotopic (exact) mass is 687 g/mol. The third-order valence-electron chi connectivity index (χ3n) is 11.9. The van der Waals surface area contributed by atoms with Crippen molar-refractivity contribution in [1.29, 1.82) is 0 Å². The van der Waals surface area contributed by atoms with E-state index in [0.717, 1.165) is 34.5 Å². The number of fused-ring (bicyclic) bond motifs is 12. The normalized spacial score (nSPS) is 16.7. The topological polar surface area (TPSA) is 22.8 Å². The fourth-order valence-electron chi connectivity index (χ4n) is 9.76. The Morgan fingerprint density at radius 3 is 2.11 bits per heavy atom. The van der Waals surface area contributed by atoms with Gasteiger partial charge in [0.2, 0.25) is 0 Å². The molecule has 9 aromatic rings. The minimum atomic E-state index is -0.479. The number of nitrogens with zero attached hydrogens (tertiary/aromatic N) is 3. The largest absolute Gasteiger partial charge is 0.309 e. The molecule has 3 nitrogen and oxygen atoms in total. The molecule has 1 spiro atoms. The Labute approximate surface area is 313 Å². The molecule has 2 aromatic heterocycles. The highest BCUT2D eigenvalue weighted by molar-refractivity contribution is 6.13. The molecular weight excluding hydrogens is 655 g/mol. The molecule has 0 bridgehead atoms. The van der Waals surface area contributed by atoms with E-state index in [-0.39, 0.29) is 0 Å². The van der Waals surface area contributed by atoms with Gasteiger partial charge in [-0.05, 0) is 93.4 Å². The van der Waals surface area contributed by atoms with Crippen LogP contribution in [0.15, 0.2) is 194 Å². The van der Waals surface area contributed by atoms with Gasteiger partial charge in [0.1, 0.15) is 5.82 Å². The van der Waals surface area contributed by atoms with Crippen molar-refractivity contribution in [2.75, 3.05) is 0 Å². The summed E-state index contributed by atoms with van der Waals surface area (Å²) in [6.07, 6.45) is 10.3. The predicted octanol–water partition coefficient (Wildman–Crippen LogP) is 12.4. The smallest absolute Gasteiger partial charge is 0.145 e. The van der Waals surface area contributed by atoms with E-state index in [9.17, 15) is 0 Å². The van der Waals surface area contributed by atoms with Gasteiger partial charge in [0, 0.05) is 22.0 Å². The molecule has 0 N–H and O–H groups in total. The van der Waals surface area contributed by atoms with Crippen LogP contribution in [0.1, 0.15) is 28.7 Å². The average Bonchev–Trinajstić information content (AvgIpc) is 3.79. The molecule has 1 atom stereocenters. The molecule has 1 unspecified atom stereocenters. The molecule has 0 saturated heterocycles. The second-order valence-electron chi connectivity index (χ2n) is 14.6. The van der Waals surface area contributed by atoms with Gasteiger partial charge in [-0.1, -0.05) is 146 Å². The molecule has 0 fully saturated rings. The lowest BCUT2D eigenvalue weighted by atomic mass is 9.64. The molecule has 1 aliphatic heterocycles. The fourth-order valence-corrected chi connectivity index (χ4v) is 9.76. The number of para-hydroxylation sites is 6. The summed E-state index contributed by atoms with van der Waals surface area (Å²) in [5.74, 6) is 0.940. The van der Waals surface area contributed by atoms with E-state index in [0.29, 0.717) is 0 Å². The Morgan fingerprint density at radius 2 is 1.20 bits per heavy atom. The van der Waals surface area contributed by atoms with Gasteiger partial charge in [-0.25, -0.2) is 4.98 Å². The molecule has 252 valence electrons. The van der Waals surface area contributed by atoms with Crippen LogP contribution in [0.2, 0.25) is 0 Å². The van der Waals surface area contributed by atoms with Crippen molar-refractivity contribution in [3.05, 3.63) is 216 Å². The lowest BCUT2D eigenvalue weighted by Gasteiger charge is -2.40. The summed E-state index contributed by atoms with van der Waals surface area (Å²) < 4.78 is 4.78. The van der Waals surface area contributed by atoms with E-state index in [4.69, 9.17) is 4.98 Å². The van der Waals surface area contributed by atoms with E-state index < -0.39 is 5.41 Å². The number of imidazole rings is 1. The third-order valence-corrected chi connectivity index (χ3v) is 11.9. The van der Waals surface area contributed by atoms with Gasteiger partial charge < -0.3 is 4.57 Å². The van der Waals surface area contributed by atoms with Gasteiger partial charge in [-0.2, -0.15) is 0 Å². The SMILES string of the molecule is C1=CC2=C(C=CC1)C1(c3cc(-c4ccc(-c5nc6ccccc6n5-c5ccccc5)cc4)ccc32)c2ccccc2-n2c3ccccc3c3cccc1c32. The van der Waals surface area contributed by atoms with Crippen molar-refractivity contribution in [3.63, 3.8) is 0 Å². The van der Waals surface area contributed by atoms with Crippen molar-refractivity contribution in [2.45, 2.75) is 11.8 Å². The number of aromatic nitrogens is 3. The maximum Gasteiger partial charge on any atom is 0.145 e. The van der Waals surface area contributed by atoms with Gasteiger partial charge in [0.15, 0.2) is 0 Å². The molecule has 54 heavy (non-hydrogen) atoms. The van der Waals surface area contributed by atoms with E-state index in [1.165, 1.54) is 72.0 Å². The Morgan fingerprint density at radius 1 is 0.500 bits per heavy atom. The molecular formula is C51H33N3.